The highest BCUT2D eigenvalue weighted by Crippen LogP contribution is 2.08. The van der Waals surface area contributed by atoms with Crippen LogP contribution in [-0.2, 0) is 6.42 Å². The van der Waals surface area contributed by atoms with Crippen LogP contribution in [0.1, 0.15) is 11.1 Å². The first kappa shape index (κ1) is 7.99. The van der Waals surface area contributed by atoms with Crippen LogP contribution in [0.25, 0.3) is 0 Å². The number of hydrogen-bond acceptors (Lipinski definition) is 0. The summed E-state index contributed by atoms with van der Waals surface area (Å²) >= 11 is 0. The predicted octanol–water partition coefficient (Wildman–Crippen LogP) is 2.86. The Hall–Kier alpha value is -1.11. The van der Waals surface area contributed by atoms with Gasteiger partial charge in [0.1, 0.15) is 5.82 Å². The van der Waals surface area contributed by atoms with Crippen LogP contribution in [0, 0.1) is 12.7 Å². The van der Waals surface area contributed by atoms with E-state index in [4.69, 9.17) is 0 Å². The molecule has 1 aromatic rings. The molecule has 1 aromatic carbocycles. The highest BCUT2D eigenvalue weighted by atomic mass is 19.1. The zero-order chi connectivity index (χ0) is 8.27. The Bertz CT molecular complexity index is 243. The molecular formula is C10H11F. The number of halogens is 1. The molecule has 0 aliphatic carbocycles. The standard InChI is InChI=1S/C10H11F/c1-3-4-9-5-8(2)6-10(11)7-9/h3,5-7H,1,4H2,2H3. The van der Waals surface area contributed by atoms with Crippen molar-refractivity contribution in [1.29, 1.82) is 0 Å². The second-order valence-electron chi connectivity index (χ2n) is 2.63. The number of benzene rings is 1. The number of rotatable bonds is 2. The van der Waals surface area contributed by atoms with E-state index >= 15 is 0 Å². The van der Waals surface area contributed by atoms with Crippen molar-refractivity contribution < 1.29 is 4.39 Å². The lowest BCUT2D eigenvalue weighted by molar-refractivity contribution is 0.625. The average Bonchev–Trinajstić information content (AvgIpc) is 1.85. The third-order valence-corrected chi connectivity index (χ3v) is 1.48. The van der Waals surface area contributed by atoms with Crippen LogP contribution in [-0.4, -0.2) is 0 Å². The summed E-state index contributed by atoms with van der Waals surface area (Å²) in [4.78, 5) is 0. The molecule has 1 heteroatoms. The average molecular weight is 150 g/mol. The van der Waals surface area contributed by atoms with Crippen molar-refractivity contribution in [3.05, 3.63) is 47.8 Å². The second kappa shape index (κ2) is 3.33. The minimum Gasteiger partial charge on any atom is -0.207 e. The molecule has 11 heavy (non-hydrogen) atoms. The van der Waals surface area contributed by atoms with Gasteiger partial charge in [-0.15, -0.1) is 6.58 Å². The van der Waals surface area contributed by atoms with E-state index in [9.17, 15) is 4.39 Å². The van der Waals surface area contributed by atoms with Gasteiger partial charge in [-0.3, -0.25) is 0 Å². The molecule has 0 heterocycles. The van der Waals surface area contributed by atoms with Crippen LogP contribution in [0.3, 0.4) is 0 Å². The van der Waals surface area contributed by atoms with Gasteiger partial charge in [0, 0.05) is 0 Å². The molecule has 0 aliphatic rings. The molecule has 0 bridgehead atoms. The molecule has 0 aromatic heterocycles. The minimum atomic E-state index is -0.165. The van der Waals surface area contributed by atoms with Gasteiger partial charge in [0.15, 0.2) is 0 Å². The van der Waals surface area contributed by atoms with E-state index in [-0.39, 0.29) is 5.82 Å². The van der Waals surface area contributed by atoms with Gasteiger partial charge in [-0.1, -0.05) is 12.1 Å². The first-order valence-corrected chi connectivity index (χ1v) is 3.59. The minimum absolute atomic E-state index is 0.165. The summed E-state index contributed by atoms with van der Waals surface area (Å²) in [6, 6.07) is 5.02. The van der Waals surface area contributed by atoms with Crippen LogP contribution in [0.15, 0.2) is 30.9 Å². The maximum atomic E-state index is 12.7. The van der Waals surface area contributed by atoms with Crippen LogP contribution in [0.4, 0.5) is 4.39 Å². The summed E-state index contributed by atoms with van der Waals surface area (Å²) in [5, 5.41) is 0. The molecule has 0 nitrogen and oxygen atoms in total. The highest BCUT2D eigenvalue weighted by molar-refractivity contribution is 5.24. The van der Waals surface area contributed by atoms with Gasteiger partial charge in [0.25, 0.3) is 0 Å². The topological polar surface area (TPSA) is 0 Å². The molecule has 0 amide bonds. The molecule has 0 fully saturated rings. The SMILES string of the molecule is C=CCc1cc(C)cc(F)c1. The fourth-order valence-electron chi connectivity index (χ4n) is 1.10. The Morgan fingerprint density at radius 3 is 2.73 bits per heavy atom. The van der Waals surface area contributed by atoms with Crippen molar-refractivity contribution in [3.8, 4) is 0 Å². The quantitative estimate of drug-likeness (QED) is 0.569. The zero-order valence-corrected chi connectivity index (χ0v) is 6.60. The number of aryl methyl sites for hydroxylation is 1. The van der Waals surface area contributed by atoms with Gasteiger partial charge in [-0.25, -0.2) is 4.39 Å². The monoisotopic (exact) mass is 150 g/mol. The third kappa shape index (κ3) is 2.19. The van der Waals surface area contributed by atoms with Gasteiger partial charge in [0.05, 0.1) is 0 Å². The first-order chi connectivity index (χ1) is 5.22. The lowest BCUT2D eigenvalue weighted by atomic mass is 10.1. The van der Waals surface area contributed by atoms with Crippen molar-refractivity contribution in [2.24, 2.45) is 0 Å². The van der Waals surface area contributed by atoms with Gasteiger partial charge in [-0.05, 0) is 36.6 Å². The van der Waals surface area contributed by atoms with Gasteiger partial charge in [-0.2, -0.15) is 0 Å². The van der Waals surface area contributed by atoms with E-state index < -0.39 is 0 Å². The Labute approximate surface area is 66.4 Å². The fraction of sp³-hybridized carbons (Fsp3) is 0.200. The molecule has 0 saturated carbocycles. The Balaban J connectivity index is 2.98. The zero-order valence-electron chi connectivity index (χ0n) is 6.60. The molecule has 0 spiro atoms. The van der Waals surface area contributed by atoms with E-state index in [1.54, 1.807) is 6.08 Å². The van der Waals surface area contributed by atoms with Crippen molar-refractivity contribution >= 4 is 0 Å². The van der Waals surface area contributed by atoms with E-state index in [0.717, 1.165) is 17.5 Å². The Morgan fingerprint density at radius 1 is 1.45 bits per heavy atom. The Morgan fingerprint density at radius 2 is 2.18 bits per heavy atom. The fourth-order valence-corrected chi connectivity index (χ4v) is 1.10. The molecule has 0 atom stereocenters. The molecule has 0 saturated heterocycles. The third-order valence-electron chi connectivity index (χ3n) is 1.48. The van der Waals surface area contributed by atoms with Crippen LogP contribution in [0.2, 0.25) is 0 Å². The maximum absolute atomic E-state index is 12.7. The van der Waals surface area contributed by atoms with Crippen molar-refractivity contribution in [1.82, 2.24) is 0 Å². The molecule has 0 aliphatic heterocycles. The van der Waals surface area contributed by atoms with E-state index in [1.165, 1.54) is 12.1 Å². The van der Waals surface area contributed by atoms with E-state index in [2.05, 4.69) is 6.58 Å². The van der Waals surface area contributed by atoms with E-state index in [1.807, 2.05) is 13.0 Å². The summed E-state index contributed by atoms with van der Waals surface area (Å²) in [7, 11) is 0. The van der Waals surface area contributed by atoms with E-state index in [0.29, 0.717) is 0 Å². The van der Waals surface area contributed by atoms with Crippen molar-refractivity contribution in [2.45, 2.75) is 13.3 Å². The van der Waals surface area contributed by atoms with Crippen LogP contribution < -0.4 is 0 Å². The van der Waals surface area contributed by atoms with Gasteiger partial charge >= 0.3 is 0 Å². The number of allylic oxidation sites excluding steroid dienone is 1. The van der Waals surface area contributed by atoms with Crippen molar-refractivity contribution in [2.75, 3.05) is 0 Å². The normalized spacial score (nSPS) is 9.64. The van der Waals surface area contributed by atoms with Crippen LogP contribution >= 0.6 is 0 Å². The van der Waals surface area contributed by atoms with Crippen LogP contribution in [0.5, 0.6) is 0 Å². The predicted molar refractivity (Wildman–Crippen MR) is 45.0 cm³/mol. The summed E-state index contributed by atoms with van der Waals surface area (Å²) in [5.41, 5.74) is 1.94. The van der Waals surface area contributed by atoms with Gasteiger partial charge < -0.3 is 0 Å². The smallest absolute Gasteiger partial charge is 0.123 e. The lowest BCUT2D eigenvalue weighted by Crippen LogP contribution is -1.85. The molecule has 0 N–H and O–H groups in total. The summed E-state index contributed by atoms with van der Waals surface area (Å²) in [6.07, 6.45) is 2.51. The maximum Gasteiger partial charge on any atom is 0.123 e. The molecule has 1 rings (SSSR count). The summed E-state index contributed by atoms with van der Waals surface area (Å²) < 4.78 is 12.7. The molecule has 0 unspecified atom stereocenters. The largest absolute Gasteiger partial charge is 0.207 e. The van der Waals surface area contributed by atoms with Gasteiger partial charge in [0.2, 0.25) is 0 Å². The second-order valence-corrected chi connectivity index (χ2v) is 2.63. The Kier molecular flexibility index (Phi) is 2.42. The molecule has 0 radical (unpaired) electrons. The summed E-state index contributed by atoms with van der Waals surface area (Å²) in [6.45, 7) is 5.48. The molecule has 58 valence electrons. The highest BCUT2D eigenvalue weighted by Gasteiger charge is 1.94. The lowest BCUT2D eigenvalue weighted by Gasteiger charge is -1.98. The summed E-state index contributed by atoms with van der Waals surface area (Å²) in [5.74, 6) is -0.165. The van der Waals surface area contributed by atoms with Crippen molar-refractivity contribution in [3.63, 3.8) is 0 Å². The number of hydrogen-bond donors (Lipinski definition) is 0. The first-order valence-electron chi connectivity index (χ1n) is 3.59. The molecular weight excluding hydrogens is 139 g/mol.